The van der Waals surface area contributed by atoms with Gasteiger partial charge in [-0.2, -0.15) is 5.10 Å². The number of halogens is 2. The van der Waals surface area contributed by atoms with Crippen molar-refractivity contribution < 1.29 is 4.79 Å². The molecule has 0 unspecified atom stereocenters. The predicted octanol–water partition coefficient (Wildman–Crippen LogP) is 1.65. The van der Waals surface area contributed by atoms with Crippen LogP contribution in [0.15, 0.2) is 18.2 Å². The van der Waals surface area contributed by atoms with Gasteiger partial charge in [-0.05, 0) is 32.0 Å². The molecule has 21 heavy (non-hydrogen) atoms. The maximum Gasteiger partial charge on any atom is 0.271 e. The highest BCUT2D eigenvalue weighted by molar-refractivity contribution is 6.33. The fraction of sp³-hybridized carbons (Fsp3) is 0.308. The second-order valence-electron chi connectivity index (χ2n) is 4.38. The highest BCUT2D eigenvalue weighted by Crippen LogP contribution is 2.17. The van der Waals surface area contributed by atoms with Crippen molar-refractivity contribution in [2.45, 2.75) is 13.8 Å². The minimum atomic E-state index is -0.344. The highest BCUT2D eigenvalue weighted by Gasteiger charge is 2.14. The van der Waals surface area contributed by atoms with E-state index in [0.29, 0.717) is 23.9 Å². The van der Waals surface area contributed by atoms with Crippen LogP contribution in [-0.4, -0.2) is 33.8 Å². The van der Waals surface area contributed by atoms with E-state index in [9.17, 15) is 4.79 Å². The van der Waals surface area contributed by atoms with Crippen molar-refractivity contribution in [2.24, 2.45) is 5.73 Å². The monoisotopic (exact) mass is 329 g/mol. The molecular weight excluding hydrogens is 313 g/mol. The van der Waals surface area contributed by atoms with Crippen LogP contribution in [0.5, 0.6) is 0 Å². The molecule has 2 aromatic rings. The number of carbonyl (C=O) groups is 1. The van der Waals surface area contributed by atoms with E-state index in [1.165, 1.54) is 0 Å². The van der Waals surface area contributed by atoms with Gasteiger partial charge in [0, 0.05) is 18.8 Å². The first-order valence-corrected chi connectivity index (χ1v) is 6.59. The summed E-state index contributed by atoms with van der Waals surface area (Å²) in [5.74, 6) is 0.210. The molecule has 6 nitrogen and oxygen atoms in total. The molecule has 0 atom stereocenters. The van der Waals surface area contributed by atoms with E-state index in [-0.39, 0.29) is 24.0 Å². The Hall–Kier alpha value is -1.63. The third-order valence-corrected chi connectivity index (χ3v) is 3.01. The number of nitrogens with zero attached hydrogens (tertiary/aromatic N) is 3. The van der Waals surface area contributed by atoms with Gasteiger partial charge in [-0.1, -0.05) is 11.6 Å². The first kappa shape index (κ1) is 17.4. The minimum absolute atomic E-state index is 0. The highest BCUT2D eigenvalue weighted by atomic mass is 35.5. The lowest BCUT2D eigenvalue weighted by molar-refractivity contribution is 0.0950. The number of hydrogen-bond donors (Lipinski definition) is 2. The molecule has 0 aliphatic heterocycles. The van der Waals surface area contributed by atoms with Gasteiger partial charge >= 0.3 is 0 Å². The Morgan fingerprint density at radius 3 is 2.71 bits per heavy atom. The smallest absolute Gasteiger partial charge is 0.271 e. The van der Waals surface area contributed by atoms with Gasteiger partial charge in [0.15, 0.2) is 5.82 Å². The number of aryl methyl sites for hydroxylation is 2. The minimum Gasteiger partial charge on any atom is -0.349 e. The summed E-state index contributed by atoms with van der Waals surface area (Å²) in [5.41, 5.74) is 7.34. The molecule has 114 valence electrons. The largest absolute Gasteiger partial charge is 0.349 e. The molecule has 8 heteroatoms. The van der Waals surface area contributed by atoms with E-state index in [0.717, 1.165) is 11.4 Å². The van der Waals surface area contributed by atoms with Crippen molar-refractivity contribution in [3.8, 4) is 5.82 Å². The van der Waals surface area contributed by atoms with Gasteiger partial charge in [-0.15, -0.1) is 12.4 Å². The normalized spacial score (nSPS) is 10.1. The van der Waals surface area contributed by atoms with Crippen molar-refractivity contribution in [2.75, 3.05) is 13.1 Å². The summed E-state index contributed by atoms with van der Waals surface area (Å²) in [6.45, 7) is 4.56. The van der Waals surface area contributed by atoms with Gasteiger partial charge in [0.2, 0.25) is 0 Å². The van der Waals surface area contributed by atoms with E-state index in [1.54, 1.807) is 16.8 Å². The third-order valence-electron chi connectivity index (χ3n) is 2.70. The summed E-state index contributed by atoms with van der Waals surface area (Å²) in [7, 11) is 0. The van der Waals surface area contributed by atoms with Crippen LogP contribution in [0.1, 0.15) is 21.9 Å². The van der Waals surface area contributed by atoms with Crippen LogP contribution < -0.4 is 11.1 Å². The number of aromatic nitrogens is 3. The standard InChI is InChI=1S/C13H16ClN5O.ClH/c1-8-7-9(2)19(18-8)11-4-3-10(14)12(17-11)13(20)16-6-5-15;/h3-4,7H,5-6,15H2,1-2H3,(H,16,20);1H. The van der Waals surface area contributed by atoms with Gasteiger partial charge in [-0.25, -0.2) is 9.67 Å². The summed E-state index contributed by atoms with van der Waals surface area (Å²) in [4.78, 5) is 16.2. The zero-order valence-corrected chi connectivity index (χ0v) is 13.3. The number of hydrogen-bond acceptors (Lipinski definition) is 4. The Morgan fingerprint density at radius 1 is 1.43 bits per heavy atom. The molecule has 0 fully saturated rings. The van der Waals surface area contributed by atoms with Gasteiger partial charge in [0.05, 0.1) is 10.7 Å². The Morgan fingerprint density at radius 2 is 2.14 bits per heavy atom. The van der Waals surface area contributed by atoms with Crippen molar-refractivity contribution in [3.63, 3.8) is 0 Å². The van der Waals surface area contributed by atoms with E-state index >= 15 is 0 Å². The summed E-state index contributed by atoms with van der Waals surface area (Å²) in [5, 5.41) is 7.28. The van der Waals surface area contributed by atoms with Crippen LogP contribution in [0, 0.1) is 13.8 Å². The van der Waals surface area contributed by atoms with Gasteiger partial charge in [0.1, 0.15) is 5.69 Å². The van der Waals surface area contributed by atoms with E-state index in [1.807, 2.05) is 19.9 Å². The van der Waals surface area contributed by atoms with Gasteiger partial charge in [-0.3, -0.25) is 4.79 Å². The quantitative estimate of drug-likeness (QED) is 0.892. The summed E-state index contributed by atoms with van der Waals surface area (Å²) < 4.78 is 1.67. The van der Waals surface area contributed by atoms with Crippen LogP contribution in [0.2, 0.25) is 5.02 Å². The van der Waals surface area contributed by atoms with Crippen molar-refractivity contribution in [1.82, 2.24) is 20.1 Å². The van der Waals surface area contributed by atoms with Crippen LogP contribution in [0.25, 0.3) is 5.82 Å². The fourth-order valence-corrected chi connectivity index (χ4v) is 2.03. The maximum absolute atomic E-state index is 12.0. The Labute approximate surface area is 134 Å². The molecule has 3 N–H and O–H groups in total. The maximum atomic E-state index is 12.0. The molecular formula is C13H17Cl2N5O. The number of nitrogens with two attached hydrogens (primary N) is 1. The molecule has 1 amide bonds. The van der Waals surface area contributed by atoms with Crippen molar-refractivity contribution >= 4 is 29.9 Å². The summed E-state index contributed by atoms with van der Waals surface area (Å²) in [6, 6.07) is 5.30. The number of nitrogens with one attached hydrogen (secondary N) is 1. The number of carbonyl (C=O) groups excluding carboxylic acids is 1. The van der Waals surface area contributed by atoms with Gasteiger partial charge in [0.25, 0.3) is 5.91 Å². The van der Waals surface area contributed by atoms with E-state index in [2.05, 4.69) is 15.4 Å². The number of rotatable bonds is 4. The van der Waals surface area contributed by atoms with Crippen LogP contribution in [0.3, 0.4) is 0 Å². The fourth-order valence-electron chi connectivity index (χ4n) is 1.84. The Bertz CT molecular complexity index is 641. The zero-order valence-electron chi connectivity index (χ0n) is 11.8. The molecule has 2 aromatic heterocycles. The first-order chi connectivity index (χ1) is 9.52. The van der Waals surface area contributed by atoms with Crippen LogP contribution >= 0.6 is 24.0 Å². The molecule has 2 rings (SSSR count). The average molecular weight is 330 g/mol. The van der Waals surface area contributed by atoms with E-state index in [4.69, 9.17) is 17.3 Å². The molecule has 0 aliphatic carbocycles. The zero-order chi connectivity index (χ0) is 14.7. The lowest BCUT2D eigenvalue weighted by atomic mass is 10.3. The van der Waals surface area contributed by atoms with Crippen LogP contribution in [-0.2, 0) is 0 Å². The molecule has 0 saturated heterocycles. The average Bonchev–Trinajstić information content (AvgIpc) is 2.75. The first-order valence-electron chi connectivity index (χ1n) is 6.21. The molecule has 0 aliphatic rings. The summed E-state index contributed by atoms with van der Waals surface area (Å²) in [6.07, 6.45) is 0. The number of pyridine rings is 1. The molecule has 0 spiro atoms. The molecule has 0 aromatic carbocycles. The van der Waals surface area contributed by atoms with E-state index < -0.39 is 0 Å². The summed E-state index contributed by atoms with van der Waals surface area (Å²) >= 11 is 6.02. The third kappa shape index (κ3) is 3.93. The predicted molar refractivity (Wildman–Crippen MR) is 84.5 cm³/mol. The topological polar surface area (TPSA) is 85.8 Å². The van der Waals surface area contributed by atoms with Crippen LogP contribution in [0.4, 0.5) is 0 Å². The Kier molecular flexibility index (Phi) is 6.14. The lowest BCUT2D eigenvalue weighted by Gasteiger charge is -2.08. The second-order valence-corrected chi connectivity index (χ2v) is 4.79. The lowest BCUT2D eigenvalue weighted by Crippen LogP contribution is -2.30. The Balaban J connectivity index is 0.00000220. The SMILES string of the molecule is Cc1cc(C)n(-c2ccc(Cl)c(C(=O)NCCN)n2)n1.Cl. The van der Waals surface area contributed by atoms with Crippen molar-refractivity contribution in [1.29, 1.82) is 0 Å². The molecule has 0 bridgehead atoms. The molecule has 0 radical (unpaired) electrons. The van der Waals surface area contributed by atoms with Crippen molar-refractivity contribution in [3.05, 3.63) is 40.3 Å². The second kappa shape index (κ2) is 7.40. The number of amides is 1. The van der Waals surface area contributed by atoms with Gasteiger partial charge < -0.3 is 11.1 Å². The molecule has 0 saturated carbocycles. The molecule has 2 heterocycles.